The Labute approximate surface area is 45.0 Å². The van der Waals surface area contributed by atoms with E-state index in [1.807, 2.05) is 0 Å². The lowest BCUT2D eigenvalue weighted by atomic mass is 10.2. The van der Waals surface area contributed by atoms with Crippen LogP contribution in [0.5, 0.6) is 0 Å². The lowest BCUT2D eigenvalue weighted by molar-refractivity contribution is 0.238. The summed E-state index contributed by atoms with van der Waals surface area (Å²) in [6.07, 6.45) is 0. The molecular formula is CBIO2. The second-order valence-corrected chi connectivity index (χ2v) is 0.837. The molecule has 0 atom stereocenters. The predicted molar refractivity (Wildman–Crippen MR) is 26.3 cm³/mol. The summed E-state index contributed by atoms with van der Waals surface area (Å²) in [5.41, 5.74) is 0. The van der Waals surface area contributed by atoms with Crippen molar-refractivity contribution in [2.24, 2.45) is 0 Å². The van der Waals surface area contributed by atoms with Crippen molar-refractivity contribution < 1.29 is 7.86 Å². The Balaban J connectivity index is 2.85. The molecule has 0 amide bonds. The normalized spacial score (nSPS) is 6.60. The van der Waals surface area contributed by atoms with E-state index < -0.39 is 5.87 Å². The number of halogens is 1. The van der Waals surface area contributed by atoms with Crippen LogP contribution >= 0.6 is 23.0 Å². The molecule has 0 aliphatic rings. The Morgan fingerprint density at radius 3 is 2.20 bits per heavy atom. The van der Waals surface area contributed by atoms with Crippen LogP contribution in [0, 0.1) is 0 Å². The van der Waals surface area contributed by atoms with Gasteiger partial charge in [0.05, 0.1) is 0 Å². The minimum atomic E-state index is -0.759. The van der Waals surface area contributed by atoms with E-state index in [9.17, 15) is 4.79 Å². The van der Waals surface area contributed by atoms with Crippen molar-refractivity contribution in [3.05, 3.63) is 0 Å². The molecule has 2 nitrogen and oxygen atoms in total. The molecule has 0 aliphatic carbocycles. The molecule has 26 valence electrons. The summed E-state index contributed by atoms with van der Waals surface area (Å²) in [5.74, 6) is -0.759. The van der Waals surface area contributed by atoms with Gasteiger partial charge in [-0.1, -0.05) is 0 Å². The van der Waals surface area contributed by atoms with E-state index in [4.69, 9.17) is 0 Å². The molecule has 0 heterocycles. The van der Waals surface area contributed by atoms with Gasteiger partial charge in [0.2, 0.25) is 13.7 Å². The van der Waals surface area contributed by atoms with Crippen molar-refractivity contribution in [3.8, 4) is 0 Å². The number of carbonyl (C=O) groups excluding carboxylic acids is 1. The predicted octanol–water partition coefficient (Wildman–Crippen LogP) is 0.641. The number of carbonyl (C=O) groups is 1. The lowest BCUT2D eigenvalue weighted by Gasteiger charge is -1.76. The van der Waals surface area contributed by atoms with Gasteiger partial charge in [0.15, 0.2) is 23.0 Å². The van der Waals surface area contributed by atoms with Crippen molar-refractivity contribution in [2.45, 2.75) is 0 Å². The second kappa shape index (κ2) is 2.50. The molecule has 0 saturated carbocycles. The average Bonchev–Trinajstić information content (AvgIpc) is 1.38. The smallest absolute Gasteiger partial charge is 0.246 e. The average molecular weight is 182 g/mol. The first kappa shape index (κ1) is 5.26. The highest BCUT2D eigenvalue weighted by molar-refractivity contribution is 14.1. The maximum absolute atomic E-state index is 9.36. The topological polar surface area (TPSA) is 26.3 Å². The van der Waals surface area contributed by atoms with Crippen LogP contribution in [0.3, 0.4) is 0 Å². The van der Waals surface area contributed by atoms with E-state index in [1.54, 1.807) is 0 Å². The molecule has 0 aromatic heterocycles. The van der Waals surface area contributed by atoms with Gasteiger partial charge in [-0.2, -0.15) is 0 Å². The Hall–Kier alpha value is 0.265. The molecule has 0 spiro atoms. The van der Waals surface area contributed by atoms with Gasteiger partial charge in [-0.25, -0.2) is 0 Å². The Bertz CT molecular complexity index is 44.9. The standard InChI is InChI=1S/CBIO2/c2-1(4)5-3. The third kappa shape index (κ3) is 4.26. The van der Waals surface area contributed by atoms with Crippen molar-refractivity contribution in [1.29, 1.82) is 0 Å². The summed E-state index contributed by atoms with van der Waals surface area (Å²) in [5, 5.41) is 0. The zero-order valence-electron chi connectivity index (χ0n) is 2.27. The minimum absolute atomic E-state index is 0.759. The van der Waals surface area contributed by atoms with E-state index >= 15 is 0 Å². The Morgan fingerprint density at radius 1 is 2.00 bits per heavy atom. The zero-order valence-corrected chi connectivity index (χ0v) is 4.43. The highest BCUT2D eigenvalue weighted by atomic mass is 127. The molecule has 4 heteroatoms. The first-order chi connectivity index (χ1) is 2.27. The maximum atomic E-state index is 9.36. The molecule has 0 fully saturated rings. The number of hydrogen-bond acceptors (Lipinski definition) is 2. The molecule has 0 aliphatic heterocycles. The quantitative estimate of drug-likeness (QED) is 0.405. The van der Waals surface area contributed by atoms with E-state index in [0.717, 1.165) is 0 Å². The lowest BCUT2D eigenvalue weighted by Crippen LogP contribution is -1.86. The van der Waals surface area contributed by atoms with Gasteiger partial charge in [-0.3, -0.25) is 4.79 Å². The largest absolute Gasteiger partial charge is 0.405 e. The van der Waals surface area contributed by atoms with Crippen LogP contribution in [0.2, 0.25) is 0 Å². The number of hydrogen-bond donors (Lipinski definition) is 0. The van der Waals surface area contributed by atoms with Gasteiger partial charge in [-0.15, -0.1) is 0 Å². The van der Waals surface area contributed by atoms with Crippen LogP contribution < -0.4 is 0 Å². The van der Waals surface area contributed by atoms with Crippen molar-refractivity contribution in [3.63, 3.8) is 0 Å². The summed E-state index contributed by atoms with van der Waals surface area (Å²) >= 11 is 1.40. The highest BCUT2D eigenvalue weighted by Crippen LogP contribution is 1.81. The van der Waals surface area contributed by atoms with Crippen LogP contribution in [0.25, 0.3) is 0 Å². The monoisotopic (exact) mass is 182 g/mol. The molecule has 2 radical (unpaired) electrons. The molecule has 0 N–H and O–H groups in total. The molecule has 0 unspecified atom stereocenters. The Kier molecular flexibility index (Phi) is 2.63. The van der Waals surface area contributed by atoms with Gasteiger partial charge < -0.3 is 3.07 Å². The third-order valence-electron chi connectivity index (χ3n) is 0.0760. The minimum Gasteiger partial charge on any atom is -0.405 e. The molecule has 0 aromatic rings. The van der Waals surface area contributed by atoms with Crippen LogP contribution in [-0.4, -0.2) is 13.7 Å². The van der Waals surface area contributed by atoms with Gasteiger partial charge in [0, 0.05) is 0 Å². The summed E-state index contributed by atoms with van der Waals surface area (Å²) in [6.45, 7) is 0. The molecule has 0 aromatic carbocycles. The summed E-state index contributed by atoms with van der Waals surface area (Å²) in [6, 6.07) is 0. The van der Waals surface area contributed by atoms with Gasteiger partial charge in [-0.05, 0) is 0 Å². The van der Waals surface area contributed by atoms with Gasteiger partial charge in [0.25, 0.3) is 0 Å². The van der Waals surface area contributed by atoms with Crippen molar-refractivity contribution >= 4 is 36.7 Å². The van der Waals surface area contributed by atoms with E-state index in [2.05, 4.69) is 10.9 Å². The van der Waals surface area contributed by atoms with E-state index in [-0.39, 0.29) is 0 Å². The van der Waals surface area contributed by atoms with Crippen LogP contribution in [0.1, 0.15) is 0 Å². The van der Waals surface area contributed by atoms with Crippen molar-refractivity contribution in [2.75, 3.05) is 0 Å². The highest BCUT2D eigenvalue weighted by Gasteiger charge is 1.78. The van der Waals surface area contributed by atoms with Crippen LogP contribution in [0.15, 0.2) is 0 Å². The SMILES string of the molecule is [B]C(=O)OI. The molecule has 0 rings (SSSR count). The summed E-state index contributed by atoms with van der Waals surface area (Å²) in [4.78, 5) is 9.36. The fraction of sp³-hybridized carbons (Fsp3) is 0. The first-order valence-corrected chi connectivity index (χ1v) is 1.73. The van der Waals surface area contributed by atoms with Crippen molar-refractivity contribution in [1.82, 2.24) is 0 Å². The van der Waals surface area contributed by atoms with E-state index in [0.29, 0.717) is 0 Å². The summed E-state index contributed by atoms with van der Waals surface area (Å²) in [7, 11) is 4.42. The molecule has 0 bridgehead atoms. The second-order valence-electron chi connectivity index (χ2n) is 0.396. The molecular weight excluding hydrogens is 182 g/mol. The van der Waals surface area contributed by atoms with Gasteiger partial charge >= 0.3 is 0 Å². The van der Waals surface area contributed by atoms with E-state index in [1.165, 1.54) is 23.0 Å². The third-order valence-corrected chi connectivity index (χ3v) is 0.510. The fourth-order valence-electron chi connectivity index (χ4n) is 0. The number of rotatable bonds is 0. The van der Waals surface area contributed by atoms with Crippen LogP contribution in [-0.2, 0) is 3.07 Å². The Morgan fingerprint density at radius 2 is 2.20 bits per heavy atom. The maximum Gasteiger partial charge on any atom is 0.246 e. The molecule has 5 heavy (non-hydrogen) atoms. The summed E-state index contributed by atoms with van der Waals surface area (Å²) < 4.78 is 3.86. The fourth-order valence-corrected chi connectivity index (χ4v) is 0. The zero-order chi connectivity index (χ0) is 4.28. The first-order valence-electron chi connectivity index (χ1n) is 0.851. The van der Waals surface area contributed by atoms with Crippen LogP contribution in [0.4, 0.5) is 4.79 Å². The van der Waals surface area contributed by atoms with Gasteiger partial charge in [0.1, 0.15) is 0 Å². The molecule has 0 saturated heterocycles.